The summed E-state index contributed by atoms with van der Waals surface area (Å²) >= 11 is 0. The van der Waals surface area contributed by atoms with Gasteiger partial charge in [0.2, 0.25) is 0 Å². The van der Waals surface area contributed by atoms with Gasteiger partial charge in [-0.1, -0.05) is 12.8 Å². The van der Waals surface area contributed by atoms with Crippen molar-refractivity contribution in [3.05, 3.63) is 0 Å². The van der Waals surface area contributed by atoms with Gasteiger partial charge in [-0.25, -0.2) is 0 Å². The molecule has 2 fully saturated rings. The summed E-state index contributed by atoms with van der Waals surface area (Å²) in [5.41, 5.74) is 0. The summed E-state index contributed by atoms with van der Waals surface area (Å²) < 4.78 is 11.8. The molecule has 0 atom stereocenters. The summed E-state index contributed by atoms with van der Waals surface area (Å²) in [5.74, 6) is -0.174. The maximum atomic E-state index is 5.89. The van der Waals surface area contributed by atoms with Crippen LogP contribution in [0.4, 0.5) is 0 Å². The summed E-state index contributed by atoms with van der Waals surface area (Å²) in [6, 6.07) is 0. The lowest BCUT2D eigenvalue weighted by molar-refractivity contribution is -0.231. The summed E-state index contributed by atoms with van der Waals surface area (Å²) in [7, 11) is 0. The molecule has 0 aromatic rings. The first-order valence-corrected chi connectivity index (χ1v) is 5.69. The topological polar surface area (TPSA) is 18.5 Å². The van der Waals surface area contributed by atoms with Crippen LogP contribution in [0.5, 0.6) is 0 Å². The van der Waals surface area contributed by atoms with Gasteiger partial charge < -0.3 is 9.47 Å². The van der Waals surface area contributed by atoms with E-state index in [2.05, 4.69) is 0 Å². The van der Waals surface area contributed by atoms with E-state index in [-0.39, 0.29) is 5.79 Å². The van der Waals surface area contributed by atoms with Crippen LogP contribution in [0.3, 0.4) is 0 Å². The Labute approximate surface area is 80.6 Å². The lowest BCUT2D eigenvalue weighted by Crippen LogP contribution is -2.34. The van der Waals surface area contributed by atoms with Crippen molar-refractivity contribution in [3.63, 3.8) is 0 Å². The van der Waals surface area contributed by atoms with E-state index in [1.54, 1.807) is 0 Å². The first-order valence-electron chi connectivity index (χ1n) is 5.69. The van der Waals surface area contributed by atoms with Gasteiger partial charge in [-0.3, -0.25) is 0 Å². The average Bonchev–Trinajstić information content (AvgIpc) is 2.50. The number of hydrogen-bond donors (Lipinski definition) is 0. The standard InChI is InChI=1S/C11H20O2/c1-2-4-8-11(7-3-1)12-9-5-6-10-13-11/h1-10H2. The van der Waals surface area contributed by atoms with Gasteiger partial charge in [0.05, 0.1) is 13.2 Å². The van der Waals surface area contributed by atoms with Crippen molar-refractivity contribution in [3.8, 4) is 0 Å². The minimum absolute atomic E-state index is 0.174. The fraction of sp³-hybridized carbons (Fsp3) is 1.00. The monoisotopic (exact) mass is 184 g/mol. The smallest absolute Gasteiger partial charge is 0.168 e. The highest BCUT2D eigenvalue weighted by Gasteiger charge is 2.33. The van der Waals surface area contributed by atoms with Crippen molar-refractivity contribution in [1.82, 2.24) is 0 Å². The zero-order chi connectivity index (χ0) is 8.99. The fourth-order valence-corrected chi connectivity index (χ4v) is 2.32. The Kier molecular flexibility index (Phi) is 3.23. The van der Waals surface area contributed by atoms with Crippen molar-refractivity contribution in [2.75, 3.05) is 13.2 Å². The fourth-order valence-electron chi connectivity index (χ4n) is 2.32. The van der Waals surface area contributed by atoms with Crippen LogP contribution < -0.4 is 0 Å². The van der Waals surface area contributed by atoms with E-state index in [1.165, 1.54) is 38.5 Å². The average molecular weight is 184 g/mol. The lowest BCUT2D eigenvalue weighted by atomic mass is 10.1. The molecular weight excluding hydrogens is 164 g/mol. The van der Waals surface area contributed by atoms with Gasteiger partial charge in [-0.05, 0) is 25.7 Å². The molecule has 2 aliphatic rings. The SMILES string of the molecule is C1CCCC2(CC1)OCCCCO2. The van der Waals surface area contributed by atoms with Crippen LogP contribution in [0.25, 0.3) is 0 Å². The molecule has 0 aromatic carbocycles. The van der Waals surface area contributed by atoms with Gasteiger partial charge >= 0.3 is 0 Å². The van der Waals surface area contributed by atoms with Gasteiger partial charge in [-0.2, -0.15) is 0 Å². The van der Waals surface area contributed by atoms with Crippen LogP contribution in [0.1, 0.15) is 51.4 Å². The molecule has 1 saturated carbocycles. The summed E-state index contributed by atoms with van der Waals surface area (Å²) in [5, 5.41) is 0. The Balaban J connectivity index is 1.97. The Bertz CT molecular complexity index is 119. The summed E-state index contributed by atoms with van der Waals surface area (Å²) in [4.78, 5) is 0. The molecule has 2 heteroatoms. The Morgan fingerprint density at radius 3 is 1.69 bits per heavy atom. The van der Waals surface area contributed by atoms with E-state index in [0.717, 1.165) is 26.1 Å². The molecule has 0 bridgehead atoms. The molecule has 1 spiro atoms. The van der Waals surface area contributed by atoms with E-state index in [1.807, 2.05) is 0 Å². The summed E-state index contributed by atoms with van der Waals surface area (Å²) in [6.07, 6.45) is 9.84. The molecule has 1 heterocycles. The van der Waals surface area contributed by atoms with Gasteiger partial charge in [0.15, 0.2) is 5.79 Å². The van der Waals surface area contributed by atoms with Gasteiger partial charge in [0.25, 0.3) is 0 Å². The van der Waals surface area contributed by atoms with Crippen LogP contribution in [0, 0.1) is 0 Å². The third-order valence-electron chi connectivity index (χ3n) is 3.13. The van der Waals surface area contributed by atoms with Gasteiger partial charge in [-0.15, -0.1) is 0 Å². The molecule has 0 aromatic heterocycles. The van der Waals surface area contributed by atoms with Crippen LogP contribution in [0.2, 0.25) is 0 Å². The van der Waals surface area contributed by atoms with Gasteiger partial charge in [0, 0.05) is 12.8 Å². The van der Waals surface area contributed by atoms with Crippen molar-refractivity contribution in [1.29, 1.82) is 0 Å². The number of rotatable bonds is 0. The highest BCUT2D eigenvalue weighted by atomic mass is 16.7. The highest BCUT2D eigenvalue weighted by Crippen LogP contribution is 2.33. The molecule has 1 aliphatic heterocycles. The van der Waals surface area contributed by atoms with Crippen molar-refractivity contribution >= 4 is 0 Å². The van der Waals surface area contributed by atoms with Crippen LogP contribution >= 0.6 is 0 Å². The summed E-state index contributed by atoms with van der Waals surface area (Å²) in [6.45, 7) is 1.81. The number of hydrogen-bond acceptors (Lipinski definition) is 2. The maximum Gasteiger partial charge on any atom is 0.168 e. The molecule has 0 amide bonds. The molecule has 0 radical (unpaired) electrons. The van der Waals surface area contributed by atoms with Crippen molar-refractivity contribution in [2.45, 2.75) is 57.2 Å². The lowest BCUT2D eigenvalue weighted by Gasteiger charge is -2.31. The third-order valence-corrected chi connectivity index (χ3v) is 3.13. The van der Waals surface area contributed by atoms with Crippen molar-refractivity contribution in [2.24, 2.45) is 0 Å². The Morgan fingerprint density at radius 2 is 1.15 bits per heavy atom. The third kappa shape index (κ3) is 2.44. The molecular formula is C11H20O2. The molecule has 1 aliphatic carbocycles. The predicted octanol–water partition coefficient (Wildman–Crippen LogP) is 2.86. The molecule has 1 saturated heterocycles. The van der Waals surface area contributed by atoms with E-state index in [0.29, 0.717) is 0 Å². The van der Waals surface area contributed by atoms with E-state index in [9.17, 15) is 0 Å². The Hall–Kier alpha value is -0.0800. The van der Waals surface area contributed by atoms with E-state index < -0.39 is 0 Å². The quantitative estimate of drug-likeness (QED) is 0.576. The zero-order valence-corrected chi connectivity index (χ0v) is 8.39. The van der Waals surface area contributed by atoms with Gasteiger partial charge in [0.1, 0.15) is 0 Å². The molecule has 2 rings (SSSR count). The molecule has 0 unspecified atom stereocenters. The molecule has 0 N–H and O–H groups in total. The second-order valence-corrected chi connectivity index (χ2v) is 4.23. The second kappa shape index (κ2) is 4.43. The highest BCUT2D eigenvalue weighted by molar-refractivity contribution is 4.75. The van der Waals surface area contributed by atoms with Crippen LogP contribution in [-0.4, -0.2) is 19.0 Å². The minimum atomic E-state index is -0.174. The van der Waals surface area contributed by atoms with Crippen LogP contribution in [0.15, 0.2) is 0 Å². The molecule has 13 heavy (non-hydrogen) atoms. The van der Waals surface area contributed by atoms with Crippen LogP contribution in [-0.2, 0) is 9.47 Å². The maximum absolute atomic E-state index is 5.89. The first-order chi connectivity index (χ1) is 6.41. The van der Waals surface area contributed by atoms with Crippen molar-refractivity contribution < 1.29 is 9.47 Å². The van der Waals surface area contributed by atoms with E-state index >= 15 is 0 Å². The largest absolute Gasteiger partial charge is 0.350 e. The minimum Gasteiger partial charge on any atom is -0.350 e. The predicted molar refractivity (Wildman–Crippen MR) is 51.6 cm³/mol. The number of ether oxygens (including phenoxy) is 2. The zero-order valence-electron chi connectivity index (χ0n) is 8.39. The first kappa shape index (κ1) is 9.47. The Morgan fingerprint density at radius 1 is 0.615 bits per heavy atom. The normalized spacial score (nSPS) is 29.5. The second-order valence-electron chi connectivity index (χ2n) is 4.23. The van der Waals surface area contributed by atoms with E-state index in [4.69, 9.17) is 9.47 Å². The molecule has 2 nitrogen and oxygen atoms in total. The molecule has 76 valence electrons.